The molecule has 1 aliphatic heterocycles. The second-order valence-electron chi connectivity index (χ2n) is 6.97. The molecule has 4 rings (SSSR count). The molecule has 1 aliphatic rings. The van der Waals surface area contributed by atoms with E-state index in [9.17, 15) is 13.2 Å². The van der Waals surface area contributed by atoms with Crippen molar-refractivity contribution in [1.82, 2.24) is 29.5 Å². The van der Waals surface area contributed by atoms with E-state index in [4.69, 9.17) is 4.74 Å². The van der Waals surface area contributed by atoms with Crippen LogP contribution in [0.4, 0.5) is 19.0 Å². The zero-order valence-electron chi connectivity index (χ0n) is 17.1. The summed E-state index contributed by atoms with van der Waals surface area (Å²) in [5.41, 5.74) is 0. The van der Waals surface area contributed by atoms with Gasteiger partial charge in [-0.05, 0) is 18.7 Å². The molecule has 3 aromatic heterocycles. The molecule has 4 heterocycles. The van der Waals surface area contributed by atoms with Crippen molar-refractivity contribution in [1.29, 1.82) is 0 Å². The van der Waals surface area contributed by atoms with Crippen molar-refractivity contribution < 1.29 is 17.9 Å². The molecule has 8 nitrogen and oxygen atoms in total. The minimum Gasteiger partial charge on any atom is -0.462 e. The predicted octanol–water partition coefficient (Wildman–Crippen LogP) is 3.52. The van der Waals surface area contributed by atoms with Gasteiger partial charge in [-0.15, -0.1) is 21.5 Å². The molecule has 1 N–H and O–H groups in total. The number of thiophene rings is 1. The minimum absolute atomic E-state index is 0.127. The summed E-state index contributed by atoms with van der Waals surface area (Å²) < 4.78 is 49.4. The first kappa shape index (κ1) is 22.1. The second kappa shape index (κ2) is 9.17. The van der Waals surface area contributed by atoms with Crippen LogP contribution in [0.15, 0.2) is 6.07 Å². The zero-order chi connectivity index (χ0) is 22.0. The molecule has 0 fully saturated rings. The number of fused-ring (bicyclic) bond motifs is 2. The van der Waals surface area contributed by atoms with Crippen molar-refractivity contribution in [2.75, 3.05) is 30.9 Å². The fraction of sp³-hybridized carbons (Fsp3) is 0.556. The molecule has 0 spiro atoms. The Balaban J connectivity index is 1.65. The molecule has 0 atom stereocenters. The number of halogens is 3. The Morgan fingerprint density at radius 1 is 1.26 bits per heavy atom. The van der Waals surface area contributed by atoms with Crippen molar-refractivity contribution in [2.45, 2.75) is 39.0 Å². The fourth-order valence-corrected chi connectivity index (χ4v) is 4.85. The number of nitrogens with one attached hydrogen (secondary N) is 1. The maximum absolute atomic E-state index is 13.2. The van der Waals surface area contributed by atoms with Gasteiger partial charge in [0.1, 0.15) is 17.3 Å². The van der Waals surface area contributed by atoms with Gasteiger partial charge < -0.3 is 14.2 Å². The molecular weight excluding hydrogens is 451 g/mol. The summed E-state index contributed by atoms with van der Waals surface area (Å²) in [4.78, 5) is 13.1. The van der Waals surface area contributed by atoms with Crippen LogP contribution in [0.5, 0.6) is 6.01 Å². The second-order valence-corrected chi connectivity index (χ2v) is 8.78. The van der Waals surface area contributed by atoms with Gasteiger partial charge in [-0.25, -0.2) is 0 Å². The SMILES string of the molecule is CCCc1cc2c(N3CCn4c(nnc4C(F)(F)F)C3)nc(OCCNSC)nc2s1. The number of hydrogen-bond acceptors (Lipinski definition) is 9. The lowest BCUT2D eigenvalue weighted by atomic mass is 10.2. The van der Waals surface area contributed by atoms with Crippen LogP contribution in [0.25, 0.3) is 10.2 Å². The van der Waals surface area contributed by atoms with Crippen molar-refractivity contribution in [3.05, 3.63) is 22.6 Å². The van der Waals surface area contributed by atoms with E-state index < -0.39 is 12.0 Å². The van der Waals surface area contributed by atoms with Crippen molar-refractivity contribution in [3.8, 4) is 6.01 Å². The van der Waals surface area contributed by atoms with Crippen LogP contribution >= 0.6 is 23.3 Å². The molecule has 0 amide bonds. The molecule has 13 heteroatoms. The van der Waals surface area contributed by atoms with E-state index in [1.807, 2.05) is 11.2 Å². The Labute approximate surface area is 185 Å². The number of hydrogen-bond donors (Lipinski definition) is 1. The normalized spacial score (nSPS) is 14.3. The van der Waals surface area contributed by atoms with E-state index in [-0.39, 0.29) is 24.9 Å². The number of rotatable bonds is 8. The van der Waals surface area contributed by atoms with Gasteiger partial charge in [0.05, 0.1) is 11.9 Å². The average Bonchev–Trinajstić information content (AvgIpc) is 3.34. The molecule has 0 unspecified atom stereocenters. The van der Waals surface area contributed by atoms with Crippen molar-refractivity contribution >= 4 is 39.3 Å². The third kappa shape index (κ3) is 4.72. The van der Waals surface area contributed by atoms with Gasteiger partial charge in [0.25, 0.3) is 0 Å². The van der Waals surface area contributed by atoms with Gasteiger partial charge in [0, 0.05) is 24.5 Å². The van der Waals surface area contributed by atoms with Crippen LogP contribution in [-0.2, 0) is 25.7 Å². The minimum atomic E-state index is -4.52. The van der Waals surface area contributed by atoms with E-state index in [1.165, 1.54) is 16.8 Å². The van der Waals surface area contributed by atoms with E-state index >= 15 is 0 Å². The first-order valence-corrected chi connectivity index (χ1v) is 11.9. The Kier molecular flexibility index (Phi) is 6.53. The Bertz CT molecular complexity index is 1050. The smallest absolute Gasteiger partial charge is 0.451 e. The molecule has 0 aromatic carbocycles. The highest BCUT2D eigenvalue weighted by molar-refractivity contribution is 7.96. The van der Waals surface area contributed by atoms with Gasteiger partial charge in [-0.1, -0.05) is 25.3 Å². The predicted molar refractivity (Wildman–Crippen MR) is 114 cm³/mol. The topological polar surface area (TPSA) is 81.0 Å². The van der Waals surface area contributed by atoms with Gasteiger partial charge in [0.2, 0.25) is 5.82 Å². The molecule has 0 saturated carbocycles. The maximum atomic E-state index is 13.2. The monoisotopic (exact) mass is 473 g/mol. The lowest BCUT2D eigenvalue weighted by Gasteiger charge is -2.29. The first-order chi connectivity index (χ1) is 14.9. The number of aryl methyl sites for hydroxylation is 1. The van der Waals surface area contributed by atoms with E-state index in [1.54, 1.807) is 11.3 Å². The van der Waals surface area contributed by atoms with Gasteiger partial charge in [-0.2, -0.15) is 23.1 Å². The summed E-state index contributed by atoms with van der Waals surface area (Å²) in [5, 5.41) is 8.02. The van der Waals surface area contributed by atoms with Crippen LogP contribution in [0, 0.1) is 0 Å². The van der Waals surface area contributed by atoms with Crippen LogP contribution in [0.1, 0.15) is 29.9 Å². The van der Waals surface area contributed by atoms with Crippen LogP contribution < -0.4 is 14.4 Å². The van der Waals surface area contributed by atoms with E-state index in [2.05, 4.69) is 37.9 Å². The van der Waals surface area contributed by atoms with Gasteiger partial charge >= 0.3 is 12.2 Å². The van der Waals surface area contributed by atoms with E-state index in [0.717, 1.165) is 27.6 Å². The van der Waals surface area contributed by atoms with Crippen LogP contribution in [-0.4, -0.2) is 50.7 Å². The molecular formula is C18H22F3N7OS2. The van der Waals surface area contributed by atoms with Crippen molar-refractivity contribution in [3.63, 3.8) is 0 Å². The van der Waals surface area contributed by atoms with Gasteiger partial charge in [0.15, 0.2) is 5.82 Å². The lowest BCUT2D eigenvalue weighted by Crippen LogP contribution is -2.36. The summed E-state index contributed by atoms with van der Waals surface area (Å²) >= 11 is 3.09. The summed E-state index contributed by atoms with van der Waals surface area (Å²) in [7, 11) is 0. The maximum Gasteiger partial charge on any atom is 0.451 e. The molecule has 0 saturated heterocycles. The molecule has 3 aromatic rings. The first-order valence-electron chi connectivity index (χ1n) is 9.84. The Morgan fingerprint density at radius 3 is 2.84 bits per heavy atom. The summed E-state index contributed by atoms with van der Waals surface area (Å²) in [6.07, 6.45) is -0.658. The highest BCUT2D eigenvalue weighted by atomic mass is 32.2. The van der Waals surface area contributed by atoms with Crippen LogP contribution in [0.3, 0.4) is 0 Å². The third-order valence-electron chi connectivity index (χ3n) is 4.79. The van der Waals surface area contributed by atoms with Crippen molar-refractivity contribution in [2.24, 2.45) is 0 Å². The summed E-state index contributed by atoms with van der Waals surface area (Å²) in [6.45, 7) is 3.81. The Morgan fingerprint density at radius 2 is 2.10 bits per heavy atom. The highest BCUT2D eigenvalue weighted by Crippen LogP contribution is 2.35. The number of ether oxygens (including phenoxy) is 1. The third-order valence-corrected chi connectivity index (χ3v) is 6.37. The Hall–Kier alpha value is -2.12. The molecule has 31 heavy (non-hydrogen) atoms. The molecule has 0 radical (unpaired) electrons. The summed E-state index contributed by atoms with van der Waals surface area (Å²) in [5.74, 6) is -0.0405. The average molecular weight is 474 g/mol. The van der Waals surface area contributed by atoms with Gasteiger partial charge in [-0.3, -0.25) is 4.72 Å². The standard InChI is InChI=1S/C18H22F3N7OS2/c1-3-4-11-9-12-14(23-17(24-15(12)31-11)29-8-5-22-30-2)27-6-7-28-13(10-27)25-26-16(28)18(19,20)21/h9,22H,3-8,10H2,1-2H3. The summed E-state index contributed by atoms with van der Waals surface area (Å²) in [6, 6.07) is 2.33. The molecule has 168 valence electrons. The highest BCUT2D eigenvalue weighted by Gasteiger charge is 2.39. The lowest BCUT2D eigenvalue weighted by molar-refractivity contribution is -0.147. The van der Waals surface area contributed by atoms with E-state index in [0.29, 0.717) is 25.5 Å². The number of anilines is 1. The fourth-order valence-electron chi connectivity index (χ4n) is 3.45. The quantitative estimate of drug-likeness (QED) is 0.393. The molecule has 0 bridgehead atoms. The number of alkyl halides is 3. The zero-order valence-corrected chi connectivity index (χ0v) is 18.7. The van der Waals surface area contributed by atoms with Crippen LogP contribution in [0.2, 0.25) is 0 Å². The number of aromatic nitrogens is 5. The largest absolute Gasteiger partial charge is 0.462 e. The number of nitrogens with zero attached hydrogens (tertiary/aromatic N) is 6. The molecule has 0 aliphatic carbocycles.